The molecular formula is C10H22N2O2S. The van der Waals surface area contributed by atoms with E-state index in [9.17, 15) is 8.42 Å². The molecule has 1 heterocycles. The molecule has 0 aromatic carbocycles. The van der Waals surface area contributed by atoms with E-state index >= 15 is 0 Å². The van der Waals surface area contributed by atoms with Crippen molar-refractivity contribution in [2.45, 2.75) is 26.3 Å². The van der Waals surface area contributed by atoms with Crippen molar-refractivity contribution in [3.63, 3.8) is 0 Å². The van der Waals surface area contributed by atoms with E-state index in [1.165, 1.54) is 0 Å². The Balaban J connectivity index is 2.50. The summed E-state index contributed by atoms with van der Waals surface area (Å²) in [6.45, 7) is 9.49. The molecule has 5 heteroatoms. The Hall–Kier alpha value is -0.130. The van der Waals surface area contributed by atoms with Gasteiger partial charge in [-0.15, -0.1) is 0 Å². The highest BCUT2D eigenvalue weighted by atomic mass is 32.2. The Morgan fingerprint density at radius 3 is 2.60 bits per heavy atom. The third kappa shape index (κ3) is 3.74. The average Bonchev–Trinajstić information content (AvgIpc) is 2.16. The highest BCUT2D eigenvalue weighted by molar-refractivity contribution is 7.91. The fourth-order valence-corrected chi connectivity index (χ4v) is 2.62. The Morgan fingerprint density at radius 2 is 2.07 bits per heavy atom. The van der Waals surface area contributed by atoms with Crippen LogP contribution in [0.1, 0.15) is 20.8 Å². The van der Waals surface area contributed by atoms with Crippen molar-refractivity contribution in [3.05, 3.63) is 0 Å². The lowest BCUT2D eigenvalue weighted by Gasteiger charge is -2.42. The molecule has 0 aromatic rings. The van der Waals surface area contributed by atoms with Gasteiger partial charge in [-0.1, -0.05) is 6.92 Å². The largest absolute Gasteiger partial charge is 0.314 e. The van der Waals surface area contributed by atoms with Crippen LogP contribution in [0.3, 0.4) is 0 Å². The molecule has 0 aromatic heterocycles. The molecule has 0 atom stereocenters. The Kier molecular flexibility index (Phi) is 4.14. The number of nitrogens with zero attached hydrogens (tertiary/aromatic N) is 1. The van der Waals surface area contributed by atoms with Gasteiger partial charge in [-0.2, -0.15) is 0 Å². The van der Waals surface area contributed by atoms with Crippen LogP contribution < -0.4 is 5.32 Å². The van der Waals surface area contributed by atoms with Crippen LogP contribution in [-0.4, -0.2) is 56.5 Å². The van der Waals surface area contributed by atoms with Crippen molar-refractivity contribution >= 4 is 9.84 Å². The number of piperazine rings is 1. The summed E-state index contributed by atoms with van der Waals surface area (Å²) in [5.74, 6) is 0.534. The molecule has 1 aliphatic rings. The van der Waals surface area contributed by atoms with Gasteiger partial charge in [-0.3, -0.25) is 4.90 Å². The van der Waals surface area contributed by atoms with Crippen LogP contribution in [0, 0.1) is 0 Å². The summed E-state index contributed by atoms with van der Waals surface area (Å²) in [6.07, 6.45) is 0. The zero-order valence-corrected chi connectivity index (χ0v) is 10.7. The molecular weight excluding hydrogens is 212 g/mol. The summed E-state index contributed by atoms with van der Waals surface area (Å²) in [5.41, 5.74) is 0.0709. The van der Waals surface area contributed by atoms with Crippen molar-refractivity contribution in [2.24, 2.45) is 0 Å². The highest BCUT2D eigenvalue weighted by Crippen LogP contribution is 2.15. The third-order valence-corrected chi connectivity index (χ3v) is 4.77. The van der Waals surface area contributed by atoms with Crippen molar-refractivity contribution in [1.29, 1.82) is 0 Å². The molecule has 90 valence electrons. The molecule has 1 rings (SSSR count). The van der Waals surface area contributed by atoms with Gasteiger partial charge in [0, 0.05) is 37.5 Å². The van der Waals surface area contributed by atoms with Gasteiger partial charge in [-0.05, 0) is 13.8 Å². The van der Waals surface area contributed by atoms with Crippen molar-refractivity contribution < 1.29 is 8.42 Å². The summed E-state index contributed by atoms with van der Waals surface area (Å²) in [5, 5.41) is 3.33. The third-order valence-electron chi connectivity index (χ3n) is 3.08. The quantitative estimate of drug-likeness (QED) is 0.750. The molecule has 0 saturated carbocycles. The normalized spacial score (nSPS) is 22.9. The van der Waals surface area contributed by atoms with Gasteiger partial charge in [0.15, 0.2) is 9.84 Å². The predicted octanol–water partition coefficient (Wildman–Crippen LogP) is 0.105. The van der Waals surface area contributed by atoms with Crippen LogP contribution in [-0.2, 0) is 9.84 Å². The number of rotatable bonds is 4. The standard InChI is InChI=1S/C10H22N2O2S/c1-4-15(13,14)8-7-12-6-5-11-9-10(12,2)3/h11H,4-9H2,1-3H3. The molecule has 15 heavy (non-hydrogen) atoms. The molecule has 0 bridgehead atoms. The summed E-state index contributed by atoms with van der Waals surface area (Å²) in [7, 11) is -2.83. The molecule has 1 aliphatic heterocycles. The van der Waals surface area contributed by atoms with E-state index in [2.05, 4.69) is 24.1 Å². The van der Waals surface area contributed by atoms with Gasteiger partial charge < -0.3 is 5.32 Å². The maximum Gasteiger partial charge on any atom is 0.151 e. The molecule has 1 N–H and O–H groups in total. The topological polar surface area (TPSA) is 49.4 Å². The number of nitrogens with one attached hydrogen (secondary N) is 1. The monoisotopic (exact) mass is 234 g/mol. The first-order valence-corrected chi connectivity index (χ1v) is 7.36. The lowest BCUT2D eigenvalue weighted by Crippen LogP contribution is -2.58. The first-order valence-electron chi connectivity index (χ1n) is 5.53. The van der Waals surface area contributed by atoms with Crippen molar-refractivity contribution in [1.82, 2.24) is 10.2 Å². The maximum atomic E-state index is 11.4. The second kappa shape index (κ2) is 4.80. The van der Waals surface area contributed by atoms with Crippen LogP contribution >= 0.6 is 0 Å². The van der Waals surface area contributed by atoms with Gasteiger partial charge in [0.2, 0.25) is 0 Å². The highest BCUT2D eigenvalue weighted by Gasteiger charge is 2.29. The smallest absolute Gasteiger partial charge is 0.151 e. The summed E-state index contributed by atoms with van der Waals surface area (Å²) < 4.78 is 22.8. The molecule has 1 fully saturated rings. The van der Waals surface area contributed by atoms with E-state index in [0.717, 1.165) is 19.6 Å². The summed E-state index contributed by atoms with van der Waals surface area (Å²) >= 11 is 0. The lowest BCUT2D eigenvalue weighted by molar-refractivity contribution is 0.0981. The van der Waals surface area contributed by atoms with Gasteiger partial charge in [-0.25, -0.2) is 8.42 Å². The summed E-state index contributed by atoms with van der Waals surface area (Å²) in [6, 6.07) is 0. The fraction of sp³-hybridized carbons (Fsp3) is 1.00. The Bertz CT molecular complexity index is 299. The summed E-state index contributed by atoms with van der Waals surface area (Å²) in [4.78, 5) is 2.26. The molecule has 0 unspecified atom stereocenters. The minimum absolute atomic E-state index is 0.0709. The minimum atomic E-state index is -2.83. The van der Waals surface area contributed by atoms with Gasteiger partial charge in [0.05, 0.1) is 5.75 Å². The van der Waals surface area contributed by atoms with Crippen LogP contribution in [0.15, 0.2) is 0 Å². The zero-order valence-electron chi connectivity index (χ0n) is 9.91. The van der Waals surface area contributed by atoms with E-state index < -0.39 is 9.84 Å². The fourth-order valence-electron chi connectivity index (χ4n) is 1.83. The Morgan fingerprint density at radius 1 is 1.40 bits per heavy atom. The predicted molar refractivity (Wildman–Crippen MR) is 62.8 cm³/mol. The minimum Gasteiger partial charge on any atom is -0.314 e. The lowest BCUT2D eigenvalue weighted by atomic mass is 10.0. The molecule has 0 radical (unpaired) electrons. The van der Waals surface area contributed by atoms with Gasteiger partial charge in [0.25, 0.3) is 0 Å². The van der Waals surface area contributed by atoms with Gasteiger partial charge in [0.1, 0.15) is 0 Å². The van der Waals surface area contributed by atoms with E-state index in [1.807, 2.05) is 0 Å². The van der Waals surface area contributed by atoms with Crippen molar-refractivity contribution in [2.75, 3.05) is 37.7 Å². The van der Waals surface area contributed by atoms with E-state index in [4.69, 9.17) is 0 Å². The van der Waals surface area contributed by atoms with Crippen LogP contribution in [0.25, 0.3) is 0 Å². The second-order valence-corrected chi connectivity index (χ2v) is 7.19. The van der Waals surface area contributed by atoms with E-state index in [1.54, 1.807) is 6.92 Å². The second-order valence-electron chi connectivity index (χ2n) is 4.71. The first-order chi connectivity index (χ1) is 6.87. The van der Waals surface area contributed by atoms with Crippen molar-refractivity contribution in [3.8, 4) is 0 Å². The molecule has 1 saturated heterocycles. The number of sulfone groups is 1. The first kappa shape index (κ1) is 12.9. The maximum absolute atomic E-state index is 11.4. The average molecular weight is 234 g/mol. The number of hydrogen-bond acceptors (Lipinski definition) is 4. The molecule has 0 spiro atoms. The zero-order chi connectivity index (χ0) is 11.5. The van der Waals surface area contributed by atoms with Crippen LogP contribution in [0.5, 0.6) is 0 Å². The molecule has 0 amide bonds. The molecule has 4 nitrogen and oxygen atoms in total. The SMILES string of the molecule is CCS(=O)(=O)CCN1CCNCC1(C)C. The van der Waals surface area contributed by atoms with Crippen LogP contribution in [0.2, 0.25) is 0 Å². The van der Waals surface area contributed by atoms with E-state index in [0.29, 0.717) is 6.54 Å². The van der Waals surface area contributed by atoms with Crippen LogP contribution in [0.4, 0.5) is 0 Å². The van der Waals surface area contributed by atoms with E-state index in [-0.39, 0.29) is 17.0 Å². The number of hydrogen-bond donors (Lipinski definition) is 1. The Labute approximate surface area is 93.0 Å². The molecule has 0 aliphatic carbocycles. The van der Waals surface area contributed by atoms with Gasteiger partial charge >= 0.3 is 0 Å².